The number of likely N-dealkylation sites (N-methyl/N-ethyl adjacent to an activating group) is 1. The molecule has 1 aromatic carbocycles. The van der Waals surface area contributed by atoms with Gasteiger partial charge in [-0.2, -0.15) is 0 Å². The Balaban J connectivity index is 2.33. The molecule has 1 amide bonds. The smallest absolute Gasteiger partial charge is 0.330 e. The Morgan fingerprint density at radius 3 is 2.53 bits per heavy atom. The zero-order valence-electron chi connectivity index (χ0n) is 20.7. The lowest BCUT2D eigenvalue weighted by Crippen LogP contribution is -2.40. The second-order valence-corrected chi connectivity index (χ2v) is 8.26. The number of nitrogen functional groups attached to an aromatic ring is 1. The standard InChI is InChI=1S/C25H36N4O5/c1-6-9-14-29-23(26)22(24(31)27-25(29)32)28(7-2)21(30)13-11-18-10-12-19(34-16-17(4)5)20(15-18)33-8-3/h10-13,15,17H,6-9,14,16,26H2,1-5H3,(H,27,31,32). The molecule has 186 valence electrons. The van der Waals surface area contributed by atoms with Gasteiger partial charge in [0.25, 0.3) is 11.5 Å². The molecule has 0 spiro atoms. The van der Waals surface area contributed by atoms with Crippen LogP contribution in [0.5, 0.6) is 11.5 Å². The molecule has 0 saturated carbocycles. The van der Waals surface area contributed by atoms with Gasteiger partial charge < -0.3 is 20.1 Å². The fourth-order valence-electron chi connectivity index (χ4n) is 3.33. The number of ether oxygens (including phenoxy) is 2. The van der Waals surface area contributed by atoms with Crippen LogP contribution < -0.4 is 31.4 Å². The number of unbranched alkanes of at least 4 members (excludes halogenated alkanes) is 1. The van der Waals surface area contributed by atoms with E-state index in [0.717, 1.165) is 12.0 Å². The van der Waals surface area contributed by atoms with Crippen molar-refractivity contribution in [3.63, 3.8) is 0 Å². The zero-order chi connectivity index (χ0) is 25.3. The van der Waals surface area contributed by atoms with Gasteiger partial charge in [0.1, 0.15) is 5.82 Å². The first-order chi connectivity index (χ1) is 16.2. The van der Waals surface area contributed by atoms with Crippen molar-refractivity contribution in [1.82, 2.24) is 9.55 Å². The number of carbonyl (C=O) groups excluding carboxylic acids is 1. The van der Waals surface area contributed by atoms with Gasteiger partial charge in [0, 0.05) is 19.2 Å². The molecule has 0 radical (unpaired) electrons. The van der Waals surface area contributed by atoms with Crippen molar-refractivity contribution in [3.8, 4) is 11.5 Å². The van der Waals surface area contributed by atoms with Crippen LogP contribution in [0.4, 0.5) is 11.5 Å². The van der Waals surface area contributed by atoms with E-state index in [4.69, 9.17) is 15.2 Å². The molecule has 0 aliphatic rings. The van der Waals surface area contributed by atoms with E-state index in [1.807, 2.05) is 19.9 Å². The molecule has 1 aromatic heterocycles. The minimum absolute atomic E-state index is 0.0175. The van der Waals surface area contributed by atoms with Gasteiger partial charge in [0.15, 0.2) is 17.2 Å². The first-order valence-electron chi connectivity index (χ1n) is 11.7. The lowest BCUT2D eigenvalue weighted by Gasteiger charge is -2.22. The number of benzene rings is 1. The third-order valence-corrected chi connectivity index (χ3v) is 5.06. The Hall–Kier alpha value is -3.49. The maximum atomic E-state index is 13.0. The van der Waals surface area contributed by atoms with Crippen molar-refractivity contribution in [2.24, 2.45) is 5.92 Å². The molecule has 0 fully saturated rings. The number of anilines is 2. The summed E-state index contributed by atoms with van der Waals surface area (Å²) >= 11 is 0. The van der Waals surface area contributed by atoms with Gasteiger partial charge >= 0.3 is 5.69 Å². The van der Waals surface area contributed by atoms with Crippen LogP contribution in [0.3, 0.4) is 0 Å². The number of aromatic amines is 1. The molecule has 3 N–H and O–H groups in total. The molecule has 0 unspecified atom stereocenters. The molecule has 0 aliphatic carbocycles. The van der Waals surface area contributed by atoms with Gasteiger partial charge in [-0.1, -0.05) is 33.3 Å². The van der Waals surface area contributed by atoms with E-state index in [0.29, 0.717) is 43.6 Å². The number of hydrogen-bond acceptors (Lipinski definition) is 6. The number of H-pyrrole nitrogens is 1. The number of nitrogens with one attached hydrogen (secondary N) is 1. The van der Waals surface area contributed by atoms with Gasteiger partial charge in [0.2, 0.25) is 0 Å². The normalized spacial score (nSPS) is 11.2. The fraction of sp³-hybridized carbons (Fsp3) is 0.480. The largest absolute Gasteiger partial charge is 0.490 e. The average Bonchev–Trinajstić information content (AvgIpc) is 2.79. The van der Waals surface area contributed by atoms with Crippen LogP contribution in [-0.2, 0) is 11.3 Å². The van der Waals surface area contributed by atoms with Gasteiger partial charge in [-0.05, 0) is 50.0 Å². The number of nitrogens with zero attached hydrogens (tertiary/aromatic N) is 2. The summed E-state index contributed by atoms with van der Waals surface area (Å²) in [6.45, 7) is 11.3. The number of aromatic nitrogens is 2. The zero-order valence-corrected chi connectivity index (χ0v) is 20.7. The summed E-state index contributed by atoms with van der Waals surface area (Å²) in [7, 11) is 0. The predicted molar refractivity (Wildman–Crippen MR) is 136 cm³/mol. The first kappa shape index (κ1) is 26.8. The van der Waals surface area contributed by atoms with E-state index in [-0.39, 0.29) is 18.1 Å². The molecule has 0 saturated heterocycles. The second kappa shape index (κ2) is 12.7. The van der Waals surface area contributed by atoms with Gasteiger partial charge in [0.05, 0.1) is 13.2 Å². The summed E-state index contributed by atoms with van der Waals surface area (Å²) in [5.41, 5.74) is 5.60. The van der Waals surface area contributed by atoms with E-state index >= 15 is 0 Å². The summed E-state index contributed by atoms with van der Waals surface area (Å²) in [6, 6.07) is 5.43. The number of nitrogens with two attached hydrogens (primary N) is 1. The molecular formula is C25H36N4O5. The third-order valence-electron chi connectivity index (χ3n) is 5.06. The first-order valence-corrected chi connectivity index (χ1v) is 11.7. The molecule has 2 aromatic rings. The Bertz CT molecular complexity index is 1120. The third kappa shape index (κ3) is 6.76. The lowest BCUT2D eigenvalue weighted by molar-refractivity contribution is -0.114. The fourth-order valence-corrected chi connectivity index (χ4v) is 3.33. The van der Waals surface area contributed by atoms with Crippen molar-refractivity contribution in [2.75, 3.05) is 30.4 Å². The van der Waals surface area contributed by atoms with E-state index in [9.17, 15) is 14.4 Å². The number of carbonyl (C=O) groups is 1. The van der Waals surface area contributed by atoms with Crippen molar-refractivity contribution in [1.29, 1.82) is 0 Å². The minimum Gasteiger partial charge on any atom is -0.490 e. The monoisotopic (exact) mass is 472 g/mol. The van der Waals surface area contributed by atoms with Crippen LogP contribution in [0.2, 0.25) is 0 Å². The summed E-state index contributed by atoms with van der Waals surface area (Å²) < 4.78 is 12.8. The topological polar surface area (TPSA) is 120 Å². The van der Waals surface area contributed by atoms with Crippen LogP contribution in [-0.4, -0.2) is 35.2 Å². The maximum Gasteiger partial charge on any atom is 0.330 e. The van der Waals surface area contributed by atoms with Crippen molar-refractivity contribution in [3.05, 3.63) is 50.7 Å². The molecule has 1 heterocycles. The van der Waals surface area contributed by atoms with Crippen molar-refractivity contribution >= 4 is 23.5 Å². The Morgan fingerprint density at radius 2 is 1.91 bits per heavy atom. The molecule has 0 bridgehead atoms. The highest BCUT2D eigenvalue weighted by atomic mass is 16.5. The van der Waals surface area contributed by atoms with Crippen LogP contribution in [0.1, 0.15) is 53.0 Å². The lowest BCUT2D eigenvalue weighted by atomic mass is 10.1. The second-order valence-electron chi connectivity index (χ2n) is 8.26. The average molecular weight is 473 g/mol. The SMILES string of the molecule is CCCCn1c(N)c(N(CC)C(=O)C=Cc2ccc(OCC(C)C)c(OCC)c2)c(=O)[nH]c1=O. The van der Waals surface area contributed by atoms with Crippen molar-refractivity contribution < 1.29 is 14.3 Å². The molecule has 34 heavy (non-hydrogen) atoms. The maximum absolute atomic E-state index is 13.0. The Labute approximate surface area is 200 Å². The Morgan fingerprint density at radius 1 is 1.18 bits per heavy atom. The highest BCUT2D eigenvalue weighted by Gasteiger charge is 2.21. The highest BCUT2D eigenvalue weighted by Crippen LogP contribution is 2.29. The number of rotatable bonds is 12. The highest BCUT2D eigenvalue weighted by molar-refractivity contribution is 6.05. The van der Waals surface area contributed by atoms with Crippen LogP contribution in [0.15, 0.2) is 33.9 Å². The van der Waals surface area contributed by atoms with Gasteiger partial charge in [-0.15, -0.1) is 0 Å². The van der Waals surface area contributed by atoms with E-state index in [1.54, 1.807) is 25.1 Å². The van der Waals surface area contributed by atoms with E-state index in [1.165, 1.54) is 15.5 Å². The Kier molecular flexibility index (Phi) is 9.97. The molecule has 9 nitrogen and oxygen atoms in total. The predicted octanol–water partition coefficient (Wildman–Crippen LogP) is 3.42. The van der Waals surface area contributed by atoms with Crippen molar-refractivity contribution in [2.45, 2.75) is 54.0 Å². The van der Waals surface area contributed by atoms with Crippen LogP contribution >= 0.6 is 0 Å². The van der Waals surface area contributed by atoms with Crippen LogP contribution in [0.25, 0.3) is 6.08 Å². The van der Waals surface area contributed by atoms with Gasteiger partial charge in [-0.3, -0.25) is 19.1 Å². The summed E-state index contributed by atoms with van der Waals surface area (Å²) in [6.07, 6.45) is 4.57. The quantitative estimate of drug-likeness (QED) is 0.457. The number of hydrogen-bond donors (Lipinski definition) is 2. The van der Waals surface area contributed by atoms with E-state index in [2.05, 4.69) is 18.8 Å². The summed E-state index contributed by atoms with van der Waals surface area (Å²) in [5.74, 6) is 1.16. The minimum atomic E-state index is -0.691. The molecule has 0 aliphatic heterocycles. The summed E-state index contributed by atoms with van der Waals surface area (Å²) in [4.78, 5) is 41.3. The molecular weight excluding hydrogens is 436 g/mol. The molecule has 9 heteroatoms. The van der Waals surface area contributed by atoms with Crippen LogP contribution in [0, 0.1) is 5.92 Å². The number of amides is 1. The van der Waals surface area contributed by atoms with E-state index < -0.39 is 17.2 Å². The summed E-state index contributed by atoms with van der Waals surface area (Å²) in [5, 5.41) is 0. The molecule has 0 atom stereocenters. The molecule has 2 rings (SSSR count). The van der Waals surface area contributed by atoms with Gasteiger partial charge in [-0.25, -0.2) is 4.79 Å².